The Morgan fingerprint density at radius 1 is 1.19 bits per heavy atom. The van der Waals surface area contributed by atoms with E-state index in [9.17, 15) is 14.9 Å². The highest BCUT2D eigenvalue weighted by molar-refractivity contribution is 5.87. The smallest absolute Gasteiger partial charge is 0.356 e. The summed E-state index contributed by atoms with van der Waals surface area (Å²) in [7, 11) is 0. The molecule has 0 aliphatic carbocycles. The summed E-state index contributed by atoms with van der Waals surface area (Å²) in [6.45, 7) is 0.284. The molecule has 0 saturated heterocycles. The van der Waals surface area contributed by atoms with Crippen molar-refractivity contribution < 1.29 is 14.5 Å². The van der Waals surface area contributed by atoms with E-state index in [1.165, 1.54) is 17.7 Å². The number of aromatic nitrogens is 1. The number of rotatable bonds is 6. The van der Waals surface area contributed by atoms with Crippen molar-refractivity contribution in [2.75, 3.05) is 6.61 Å². The number of carbonyl (C=O) groups is 1. The minimum Gasteiger partial charge on any atom is -0.461 e. The van der Waals surface area contributed by atoms with Crippen molar-refractivity contribution in [3.63, 3.8) is 0 Å². The van der Waals surface area contributed by atoms with Gasteiger partial charge in [0.1, 0.15) is 11.9 Å². The zero-order valence-electron chi connectivity index (χ0n) is 11.3. The van der Waals surface area contributed by atoms with Crippen LogP contribution >= 0.6 is 0 Å². The molecule has 0 amide bonds. The van der Waals surface area contributed by atoms with Gasteiger partial charge in [-0.25, -0.2) is 9.78 Å². The highest BCUT2D eigenvalue weighted by atomic mass is 16.6. The van der Waals surface area contributed by atoms with Gasteiger partial charge in [-0.1, -0.05) is 30.3 Å². The van der Waals surface area contributed by atoms with Crippen LogP contribution in [0.15, 0.2) is 48.7 Å². The summed E-state index contributed by atoms with van der Waals surface area (Å²) in [5.74, 6) is -0.571. The lowest BCUT2D eigenvalue weighted by Gasteiger charge is -2.04. The lowest BCUT2D eigenvalue weighted by Crippen LogP contribution is -2.09. The summed E-state index contributed by atoms with van der Waals surface area (Å²) < 4.78 is 5.08. The van der Waals surface area contributed by atoms with Gasteiger partial charge in [0.25, 0.3) is 5.69 Å². The van der Waals surface area contributed by atoms with Crippen LogP contribution < -0.4 is 0 Å². The number of aryl methyl sites for hydroxylation is 1. The third kappa shape index (κ3) is 4.38. The summed E-state index contributed by atoms with van der Waals surface area (Å²) >= 11 is 0. The average Bonchev–Trinajstić information content (AvgIpc) is 2.52. The Labute approximate surface area is 121 Å². The van der Waals surface area contributed by atoms with Gasteiger partial charge in [0.15, 0.2) is 0 Å². The number of ether oxygens (including phenoxy) is 1. The third-order valence-electron chi connectivity index (χ3n) is 2.85. The Bertz CT molecular complexity index is 611. The van der Waals surface area contributed by atoms with Gasteiger partial charge < -0.3 is 4.74 Å². The van der Waals surface area contributed by atoms with Gasteiger partial charge >= 0.3 is 5.97 Å². The summed E-state index contributed by atoms with van der Waals surface area (Å²) in [5, 5.41) is 10.5. The molecule has 2 rings (SSSR count). The van der Waals surface area contributed by atoms with Gasteiger partial charge in [0.05, 0.1) is 11.5 Å². The number of pyridine rings is 1. The van der Waals surface area contributed by atoms with E-state index in [1.807, 2.05) is 30.3 Å². The van der Waals surface area contributed by atoms with Gasteiger partial charge in [-0.05, 0) is 24.5 Å². The molecular weight excluding hydrogens is 272 g/mol. The van der Waals surface area contributed by atoms with Crippen LogP contribution in [-0.2, 0) is 11.2 Å². The molecule has 0 fully saturated rings. The lowest BCUT2D eigenvalue weighted by atomic mass is 10.1. The number of benzene rings is 1. The van der Waals surface area contributed by atoms with Crippen molar-refractivity contribution in [3.8, 4) is 0 Å². The lowest BCUT2D eigenvalue weighted by molar-refractivity contribution is -0.385. The molecule has 1 aromatic carbocycles. The molecule has 21 heavy (non-hydrogen) atoms. The molecule has 0 aliphatic rings. The minimum absolute atomic E-state index is 0.0697. The van der Waals surface area contributed by atoms with E-state index in [1.54, 1.807) is 0 Å². The van der Waals surface area contributed by atoms with Crippen LogP contribution in [0.1, 0.15) is 22.5 Å². The predicted octanol–water partition coefficient (Wildman–Crippen LogP) is 2.78. The van der Waals surface area contributed by atoms with E-state index in [-0.39, 0.29) is 18.0 Å². The van der Waals surface area contributed by atoms with Gasteiger partial charge in [0, 0.05) is 6.07 Å². The van der Waals surface area contributed by atoms with Gasteiger partial charge in [-0.2, -0.15) is 0 Å². The van der Waals surface area contributed by atoms with Crippen LogP contribution in [0.3, 0.4) is 0 Å². The molecule has 0 N–H and O–H groups in total. The largest absolute Gasteiger partial charge is 0.461 e. The molecule has 1 heterocycles. The van der Waals surface area contributed by atoms with Crippen LogP contribution in [0.5, 0.6) is 0 Å². The molecule has 2 aromatic rings. The number of hydrogen-bond donors (Lipinski definition) is 0. The molecule has 0 aliphatic heterocycles. The molecule has 0 unspecified atom stereocenters. The zero-order valence-corrected chi connectivity index (χ0v) is 11.3. The predicted molar refractivity (Wildman–Crippen MR) is 75.9 cm³/mol. The Hall–Kier alpha value is -2.76. The van der Waals surface area contributed by atoms with Crippen molar-refractivity contribution in [2.24, 2.45) is 0 Å². The molecule has 6 heteroatoms. The molecule has 108 valence electrons. The fourth-order valence-electron chi connectivity index (χ4n) is 1.77. The summed E-state index contributed by atoms with van der Waals surface area (Å²) in [5.41, 5.74) is 1.10. The van der Waals surface area contributed by atoms with E-state index in [2.05, 4.69) is 4.98 Å². The molecule has 0 bridgehead atoms. The molecule has 0 radical (unpaired) electrons. The summed E-state index contributed by atoms with van der Waals surface area (Å²) in [4.78, 5) is 25.3. The monoisotopic (exact) mass is 286 g/mol. The number of esters is 1. The Kier molecular flexibility index (Phi) is 4.98. The molecule has 1 aromatic heterocycles. The van der Waals surface area contributed by atoms with Gasteiger partial charge in [0.2, 0.25) is 0 Å². The third-order valence-corrected chi connectivity index (χ3v) is 2.85. The topological polar surface area (TPSA) is 82.3 Å². The maximum Gasteiger partial charge on any atom is 0.356 e. The van der Waals surface area contributed by atoms with Crippen molar-refractivity contribution >= 4 is 11.7 Å². The first-order chi connectivity index (χ1) is 10.2. The van der Waals surface area contributed by atoms with E-state index >= 15 is 0 Å². The van der Waals surface area contributed by atoms with Crippen LogP contribution in [0, 0.1) is 10.1 Å². The Morgan fingerprint density at radius 3 is 2.57 bits per heavy atom. The minimum atomic E-state index is -0.571. The van der Waals surface area contributed by atoms with E-state index in [4.69, 9.17) is 4.74 Å². The maximum absolute atomic E-state index is 11.7. The Balaban J connectivity index is 1.78. The second-order valence-corrected chi connectivity index (χ2v) is 4.38. The zero-order chi connectivity index (χ0) is 15.1. The Morgan fingerprint density at radius 2 is 1.95 bits per heavy atom. The first kappa shape index (κ1) is 14.6. The van der Waals surface area contributed by atoms with Crippen molar-refractivity contribution in [3.05, 3.63) is 70.0 Å². The highest BCUT2D eigenvalue weighted by Gasteiger charge is 2.11. The van der Waals surface area contributed by atoms with Crippen LogP contribution in [0.25, 0.3) is 0 Å². The average molecular weight is 286 g/mol. The first-order valence-electron chi connectivity index (χ1n) is 6.48. The second kappa shape index (κ2) is 7.14. The molecule has 6 nitrogen and oxygen atoms in total. The van der Waals surface area contributed by atoms with Crippen molar-refractivity contribution in [2.45, 2.75) is 12.8 Å². The molecule has 0 saturated carbocycles. The maximum atomic E-state index is 11.7. The van der Waals surface area contributed by atoms with Gasteiger partial charge in [-0.3, -0.25) is 10.1 Å². The quantitative estimate of drug-likeness (QED) is 0.353. The summed E-state index contributed by atoms with van der Waals surface area (Å²) in [6.07, 6.45) is 2.57. The molecule has 0 atom stereocenters. The van der Waals surface area contributed by atoms with Crippen molar-refractivity contribution in [1.82, 2.24) is 4.98 Å². The number of hydrogen-bond acceptors (Lipinski definition) is 5. The fourth-order valence-corrected chi connectivity index (χ4v) is 1.77. The standard InChI is InChI=1S/C15H14N2O4/c18-15(14-9-8-13(11-16-14)17(19)20)21-10-4-7-12-5-2-1-3-6-12/h1-3,5-6,8-9,11H,4,7,10H2. The van der Waals surface area contributed by atoms with Crippen LogP contribution in [0.4, 0.5) is 5.69 Å². The number of nitro groups is 1. The SMILES string of the molecule is O=C(OCCCc1ccccc1)c1ccc([N+](=O)[O-])cn1. The number of carbonyl (C=O) groups excluding carboxylic acids is 1. The van der Waals surface area contributed by atoms with Crippen LogP contribution in [0.2, 0.25) is 0 Å². The van der Waals surface area contributed by atoms with E-state index in [0.717, 1.165) is 12.6 Å². The van der Waals surface area contributed by atoms with E-state index < -0.39 is 10.9 Å². The fraction of sp³-hybridized carbons (Fsp3) is 0.200. The first-order valence-corrected chi connectivity index (χ1v) is 6.48. The van der Waals surface area contributed by atoms with Crippen LogP contribution in [-0.4, -0.2) is 22.5 Å². The molecular formula is C15H14N2O4. The van der Waals surface area contributed by atoms with Crippen molar-refractivity contribution in [1.29, 1.82) is 0 Å². The van der Waals surface area contributed by atoms with Gasteiger partial charge in [-0.15, -0.1) is 0 Å². The summed E-state index contributed by atoms with van der Waals surface area (Å²) in [6, 6.07) is 12.4. The van der Waals surface area contributed by atoms with E-state index in [0.29, 0.717) is 6.42 Å². The highest BCUT2D eigenvalue weighted by Crippen LogP contribution is 2.10. The second-order valence-electron chi connectivity index (χ2n) is 4.38. The molecule has 0 spiro atoms. The number of nitrogens with zero attached hydrogens (tertiary/aromatic N) is 2. The normalized spacial score (nSPS) is 10.1.